The second kappa shape index (κ2) is 3.66. The number of hydrogen-bond donors (Lipinski definition) is 2. The average molecular weight is 184 g/mol. The van der Waals surface area contributed by atoms with Crippen LogP contribution in [-0.2, 0) is 4.79 Å². The summed E-state index contributed by atoms with van der Waals surface area (Å²) in [6, 6.07) is 0.237. The molecular formula is C10H20N2O. The molecule has 13 heavy (non-hydrogen) atoms. The van der Waals surface area contributed by atoms with E-state index in [1.165, 1.54) is 0 Å². The van der Waals surface area contributed by atoms with Crippen LogP contribution in [0.25, 0.3) is 0 Å². The molecule has 0 radical (unpaired) electrons. The van der Waals surface area contributed by atoms with Gasteiger partial charge >= 0.3 is 0 Å². The van der Waals surface area contributed by atoms with Crippen LogP contribution in [0.5, 0.6) is 0 Å². The van der Waals surface area contributed by atoms with Crippen molar-refractivity contribution in [3.63, 3.8) is 0 Å². The van der Waals surface area contributed by atoms with E-state index in [1.807, 2.05) is 0 Å². The number of amides is 1. The number of carbonyl (C=O) groups excluding carboxylic acids is 1. The van der Waals surface area contributed by atoms with E-state index in [0.29, 0.717) is 0 Å². The van der Waals surface area contributed by atoms with Gasteiger partial charge in [-0.15, -0.1) is 0 Å². The van der Waals surface area contributed by atoms with Crippen LogP contribution in [0.1, 0.15) is 27.7 Å². The van der Waals surface area contributed by atoms with Gasteiger partial charge in [0.15, 0.2) is 0 Å². The van der Waals surface area contributed by atoms with E-state index in [1.54, 1.807) is 0 Å². The highest BCUT2D eigenvalue weighted by Gasteiger charge is 2.28. The summed E-state index contributed by atoms with van der Waals surface area (Å²) in [5.41, 5.74) is 0.146. The van der Waals surface area contributed by atoms with Crippen molar-refractivity contribution in [2.24, 2.45) is 11.3 Å². The van der Waals surface area contributed by atoms with Gasteiger partial charge in [0, 0.05) is 19.1 Å². The van der Waals surface area contributed by atoms with E-state index in [2.05, 4.69) is 38.3 Å². The van der Waals surface area contributed by atoms with Crippen molar-refractivity contribution in [2.75, 3.05) is 13.1 Å². The molecule has 1 heterocycles. The smallest absolute Gasteiger partial charge is 0.225 e. The zero-order valence-electron chi connectivity index (χ0n) is 8.98. The minimum Gasteiger partial charge on any atom is -0.353 e. The van der Waals surface area contributed by atoms with Gasteiger partial charge in [-0.05, 0) is 12.3 Å². The van der Waals surface area contributed by atoms with E-state index >= 15 is 0 Å². The van der Waals surface area contributed by atoms with Crippen LogP contribution in [0.4, 0.5) is 0 Å². The van der Waals surface area contributed by atoms with Gasteiger partial charge in [0.1, 0.15) is 0 Å². The van der Waals surface area contributed by atoms with Gasteiger partial charge in [-0.2, -0.15) is 0 Å². The molecule has 1 unspecified atom stereocenters. The standard InChI is InChI=1S/C10H20N2O/c1-7(10(2,3)4)12-9(13)8-5-11-6-8/h7-8,11H,5-6H2,1-4H3,(H,12,13). The SMILES string of the molecule is CC(NC(=O)C1CNC1)C(C)(C)C. The third-order valence-electron chi connectivity index (χ3n) is 2.81. The van der Waals surface area contributed by atoms with Crippen molar-refractivity contribution in [1.82, 2.24) is 10.6 Å². The molecule has 1 aliphatic heterocycles. The molecule has 0 aromatic heterocycles. The molecule has 1 atom stereocenters. The summed E-state index contributed by atoms with van der Waals surface area (Å²) in [4.78, 5) is 11.5. The third-order valence-corrected chi connectivity index (χ3v) is 2.81. The van der Waals surface area contributed by atoms with Crippen molar-refractivity contribution in [3.8, 4) is 0 Å². The molecular weight excluding hydrogens is 164 g/mol. The third kappa shape index (κ3) is 2.69. The van der Waals surface area contributed by atoms with E-state index < -0.39 is 0 Å². The highest BCUT2D eigenvalue weighted by Crippen LogP contribution is 2.19. The molecule has 3 nitrogen and oxygen atoms in total. The summed E-state index contributed by atoms with van der Waals surface area (Å²) in [7, 11) is 0. The minimum absolute atomic E-state index is 0.146. The Morgan fingerprint density at radius 2 is 2.00 bits per heavy atom. The molecule has 2 N–H and O–H groups in total. The second-order valence-corrected chi connectivity index (χ2v) is 4.95. The van der Waals surface area contributed by atoms with Gasteiger partial charge in [-0.25, -0.2) is 0 Å². The first-order valence-electron chi connectivity index (χ1n) is 4.92. The van der Waals surface area contributed by atoms with Crippen LogP contribution in [0.15, 0.2) is 0 Å². The van der Waals surface area contributed by atoms with Crippen molar-refractivity contribution < 1.29 is 4.79 Å². The number of nitrogens with one attached hydrogen (secondary N) is 2. The molecule has 3 heteroatoms. The predicted molar refractivity (Wildman–Crippen MR) is 53.4 cm³/mol. The van der Waals surface area contributed by atoms with E-state index in [4.69, 9.17) is 0 Å². The Labute approximate surface area is 80.3 Å². The normalized spacial score (nSPS) is 20.6. The summed E-state index contributed by atoms with van der Waals surface area (Å²) in [6.07, 6.45) is 0. The van der Waals surface area contributed by atoms with Gasteiger partial charge in [-0.1, -0.05) is 20.8 Å². The molecule has 1 amide bonds. The molecule has 0 aliphatic carbocycles. The molecule has 0 aromatic rings. The molecule has 0 bridgehead atoms. The van der Waals surface area contributed by atoms with Gasteiger partial charge in [0.25, 0.3) is 0 Å². The van der Waals surface area contributed by atoms with Crippen molar-refractivity contribution >= 4 is 5.91 Å². The second-order valence-electron chi connectivity index (χ2n) is 4.95. The number of hydrogen-bond acceptors (Lipinski definition) is 2. The lowest BCUT2D eigenvalue weighted by Gasteiger charge is -2.32. The molecule has 1 rings (SSSR count). The minimum atomic E-state index is 0.146. The molecule has 76 valence electrons. The summed E-state index contributed by atoms with van der Waals surface area (Å²) >= 11 is 0. The fraction of sp³-hybridized carbons (Fsp3) is 0.900. The average Bonchev–Trinajstić information content (AvgIpc) is 1.79. The van der Waals surface area contributed by atoms with Gasteiger partial charge in [0.2, 0.25) is 5.91 Å². The first kappa shape index (κ1) is 10.5. The molecule has 0 saturated carbocycles. The Morgan fingerprint density at radius 3 is 2.31 bits per heavy atom. The van der Waals surface area contributed by atoms with Crippen LogP contribution in [0.2, 0.25) is 0 Å². The highest BCUT2D eigenvalue weighted by molar-refractivity contribution is 5.80. The zero-order chi connectivity index (χ0) is 10.1. The topological polar surface area (TPSA) is 41.1 Å². The maximum atomic E-state index is 11.5. The van der Waals surface area contributed by atoms with Crippen LogP contribution in [0, 0.1) is 11.3 Å². The summed E-state index contributed by atoms with van der Waals surface area (Å²) in [5, 5.41) is 6.14. The van der Waals surface area contributed by atoms with E-state index in [9.17, 15) is 4.79 Å². The van der Waals surface area contributed by atoms with E-state index in [0.717, 1.165) is 13.1 Å². The van der Waals surface area contributed by atoms with Crippen molar-refractivity contribution in [1.29, 1.82) is 0 Å². The Bertz CT molecular complexity index is 192. The van der Waals surface area contributed by atoms with Crippen molar-refractivity contribution in [3.05, 3.63) is 0 Å². The van der Waals surface area contributed by atoms with Gasteiger partial charge in [-0.3, -0.25) is 4.79 Å². The maximum Gasteiger partial charge on any atom is 0.225 e. The maximum absolute atomic E-state index is 11.5. The molecule has 0 spiro atoms. The fourth-order valence-electron chi connectivity index (χ4n) is 1.02. The summed E-state index contributed by atoms with van der Waals surface area (Å²) in [5.74, 6) is 0.394. The number of carbonyl (C=O) groups is 1. The first-order chi connectivity index (χ1) is 5.91. The van der Waals surface area contributed by atoms with Gasteiger partial charge < -0.3 is 10.6 Å². The van der Waals surface area contributed by atoms with Crippen LogP contribution in [0.3, 0.4) is 0 Å². The van der Waals surface area contributed by atoms with Crippen LogP contribution < -0.4 is 10.6 Å². The molecule has 1 fully saturated rings. The van der Waals surface area contributed by atoms with Gasteiger partial charge in [0.05, 0.1) is 5.92 Å². The Balaban J connectivity index is 2.35. The quantitative estimate of drug-likeness (QED) is 0.665. The zero-order valence-corrected chi connectivity index (χ0v) is 8.98. The van der Waals surface area contributed by atoms with Crippen LogP contribution >= 0.6 is 0 Å². The highest BCUT2D eigenvalue weighted by atomic mass is 16.2. The Kier molecular flexibility index (Phi) is 2.96. The fourth-order valence-corrected chi connectivity index (χ4v) is 1.02. The first-order valence-corrected chi connectivity index (χ1v) is 4.92. The largest absolute Gasteiger partial charge is 0.353 e. The summed E-state index contributed by atoms with van der Waals surface area (Å²) < 4.78 is 0. The predicted octanol–water partition coefficient (Wildman–Crippen LogP) is 0.757. The lowest BCUT2D eigenvalue weighted by Crippen LogP contribution is -2.54. The van der Waals surface area contributed by atoms with Crippen LogP contribution in [-0.4, -0.2) is 25.0 Å². The molecule has 0 aromatic carbocycles. The Hall–Kier alpha value is -0.570. The molecule has 1 aliphatic rings. The monoisotopic (exact) mass is 184 g/mol. The Morgan fingerprint density at radius 1 is 1.46 bits per heavy atom. The lowest BCUT2D eigenvalue weighted by atomic mass is 9.87. The van der Waals surface area contributed by atoms with Crippen molar-refractivity contribution in [2.45, 2.75) is 33.7 Å². The number of rotatable bonds is 2. The summed E-state index contributed by atoms with van der Waals surface area (Å²) in [6.45, 7) is 10.1. The van der Waals surface area contributed by atoms with E-state index in [-0.39, 0.29) is 23.3 Å². The molecule has 1 saturated heterocycles. The lowest BCUT2D eigenvalue weighted by molar-refractivity contribution is -0.127.